The Morgan fingerprint density at radius 3 is 2.80 bits per heavy atom. The van der Waals surface area contributed by atoms with E-state index in [9.17, 15) is 9.59 Å². The van der Waals surface area contributed by atoms with E-state index >= 15 is 0 Å². The average Bonchev–Trinajstić information content (AvgIpc) is 3.17. The molecule has 2 aromatic heterocycles. The number of rotatable bonds is 6. The molecule has 0 unspecified atom stereocenters. The van der Waals surface area contributed by atoms with Crippen LogP contribution in [0.25, 0.3) is 11.4 Å². The minimum absolute atomic E-state index is 0.146. The first-order valence-electron chi connectivity index (χ1n) is 9.48. The number of aromatic nitrogens is 4. The summed E-state index contributed by atoms with van der Waals surface area (Å²) in [6.45, 7) is 3.52. The zero-order chi connectivity index (χ0) is 21.1. The molecule has 1 amide bonds. The molecule has 156 valence electrons. The van der Waals surface area contributed by atoms with Crippen molar-refractivity contribution in [3.8, 4) is 22.9 Å². The normalized spacial score (nSPS) is 12.6. The smallest absolute Gasteiger partial charge is 0.261 e. The molecule has 0 saturated carbocycles. The third-order valence-electron chi connectivity index (χ3n) is 4.56. The second-order valence-electron chi connectivity index (χ2n) is 6.58. The lowest BCUT2D eigenvalue weighted by Crippen LogP contribution is -2.19. The number of hydrogen-bond donors (Lipinski definition) is 1. The lowest BCUT2D eigenvalue weighted by Gasteiger charge is -2.19. The molecule has 0 saturated heterocycles. The van der Waals surface area contributed by atoms with E-state index < -0.39 is 0 Å². The first-order valence-corrected chi connectivity index (χ1v) is 10.5. The molecule has 9 nitrogen and oxygen atoms in total. The molecule has 0 fully saturated rings. The molecule has 30 heavy (non-hydrogen) atoms. The van der Waals surface area contributed by atoms with Gasteiger partial charge in [0.1, 0.15) is 13.2 Å². The largest absolute Gasteiger partial charge is 0.486 e. The molecule has 3 aromatic rings. The van der Waals surface area contributed by atoms with Gasteiger partial charge in [0.15, 0.2) is 22.5 Å². The van der Waals surface area contributed by atoms with Crippen molar-refractivity contribution in [2.75, 3.05) is 24.3 Å². The van der Waals surface area contributed by atoms with Gasteiger partial charge in [-0.05, 0) is 31.2 Å². The summed E-state index contributed by atoms with van der Waals surface area (Å²) < 4.78 is 14.4. The van der Waals surface area contributed by atoms with Gasteiger partial charge in [0, 0.05) is 31.5 Å². The molecule has 3 heterocycles. The molecule has 10 heteroatoms. The van der Waals surface area contributed by atoms with E-state index in [-0.39, 0.29) is 17.2 Å². The molecule has 1 aliphatic heterocycles. The highest BCUT2D eigenvalue weighted by atomic mass is 32.2. The summed E-state index contributed by atoms with van der Waals surface area (Å²) in [7, 11) is 1.69. The van der Waals surface area contributed by atoms with Gasteiger partial charge in [0.2, 0.25) is 5.91 Å². The van der Waals surface area contributed by atoms with Crippen LogP contribution >= 0.6 is 11.8 Å². The monoisotopic (exact) mass is 427 g/mol. The summed E-state index contributed by atoms with van der Waals surface area (Å²) in [5.74, 6) is 1.75. The molecule has 0 radical (unpaired) electrons. The number of pyridine rings is 1. The fourth-order valence-electron chi connectivity index (χ4n) is 3.10. The van der Waals surface area contributed by atoms with Gasteiger partial charge in [-0.15, -0.1) is 10.2 Å². The van der Waals surface area contributed by atoms with Gasteiger partial charge in [-0.25, -0.2) is 0 Å². The van der Waals surface area contributed by atoms with E-state index in [2.05, 4.69) is 15.5 Å². The van der Waals surface area contributed by atoms with Gasteiger partial charge in [-0.1, -0.05) is 11.8 Å². The van der Waals surface area contributed by atoms with Crippen LogP contribution in [0.2, 0.25) is 0 Å². The van der Waals surface area contributed by atoms with Crippen LogP contribution in [0.5, 0.6) is 11.5 Å². The zero-order valence-electron chi connectivity index (χ0n) is 16.6. The zero-order valence-corrected chi connectivity index (χ0v) is 17.4. The summed E-state index contributed by atoms with van der Waals surface area (Å²) in [5.41, 5.74) is 0.963. The van der Waals surface area contributed by atoms with Crippen LogP contribution in [-0.2, 0) is 18.4 Å². The Hall–Kier alpha value is -3.27. The van der Waals surface area contributed by atoms with E-state index in [1.807, 2.05) is 11.5 Å². The number of nitrogens with zero attached hydrogens (tertiary/aromatic N) is 4. The summed E-state index contributed by atoms with van der Waals surface area (Å²) in [6, 6.07) is 8.81. The number of carbonyl (C=O) groups excluding carboxylic acids is 1. The number of anilines is 1. The highest BCUT2D eigenvalue weighted by molar-refractivity contribution is 7.99. The minimum Gasteiger partial charge on any atom is -0.486 e. The molecule has 0 atom stereocenters. The van der Waals surface area contributed by atoms with Crippen molar-refractivity contribution in [1.29, 1.82) is 0 Å². The number of benzene rings is 1. The molecule has 1 aliphatic rings. The summed E-state index contributed by atoms with van der Waals surface area (Å²) >= 11 is 1.27. The maximum atomic E-state index is 12.4. The number of carbonyl (C=O) groups is 1. The van der Waals surface area contributed by atoms with E-state index in [0.717, 1.165) is 0 Å². The SMILES string of the molecule is CCn1c(SCC(=O)Nc2ccc3c(c2)OCCO3)nnc1-c1cccn(C)c1=O. The van der Waals surface area contributed by atoms with Gasteiger partial charge < -0.3 is 23.9 Å². The summed E-state index contributed by atoms with van der Waals surface area (Å²) in [4.78, 5) is 24.8. The van der Waals surface area contributed by atoms with Gasteiger partial charge in [0.05, 0.1) is 11.3 Å². The fourth-order valence-corrected chi connectivity index (χ4v) is 3.90. The van der Waals surface area contributed by atoms with Crippen molar-refractivity contribution in [1.82, 2.24) is 19.3 Å². The van der Waals surface area contributed by atoms with Gasteiger partial charge in [-0.2, -0.15) is 0 Å². The Kier molecular flexibility index (Phi) is 5.75. The molecule has 1 N–H and O–H groups in total. The number of hydrogen-bond acceptors (Lipinski definition) is 7. The Balaban J connectivity index is 1.45. The van der Waals surface area contributed by atoms with Gasteiger partial charge in [-0.3, -0.25) is 9.59 Å². The van der Waals surface area contributed by atoms with Crippen molar-refractivity contribution in [2.24, 2.45) is 7.05 Å². The molecule has 1 aromatic carbocycles. The number of aryl methyl sites for hydroxylation is 1. The van der Waals surface area contributed by atoms with E-state index in [1.54, 1.807) is 43.6 Å². The van der Waals surface area contributed by atoms with Crippen LogP contribution in [0, 0.1) is 0 Å². The second kappa shape index (κ2) is 8.62. The van der Waals surface area contributed by atoms with Crippen LogP contribution in [0.4, 0.5) is 5.69 Å². The predicted molar refractivity (Wildman–Crippen MR) is 113 cm³/mol. The molecule has 0 bridgehead atoms. The number of fused-ring (bicyclic) bond motifs is 1. The molecule has 4 rings (SSSR count). The van der Waals surface area contributed by atoms with Crippen molar-refractivity contribution in [3.05, 3.63) is 46.9 Å². The van der Waals surface area contributed by atoms with E-state index in [4.69, 9.17) is 9.47 Å². The van der Waals surface area contributed by atoms with Gasteiger partial charge >= 0.3 is 0 Å². The Labute approximate surface area is 177 Å². The maximum absolute atomic E-state index is 12.4. The number of amides is 1. The number of ether oxygens (including phenoxy) is 2. The maximum Gasteiger partial charge on any atom is 0.261 e. The summed E-state index contributed by atoms with van der Waals surface area (Å²) in [6.07, 6.45) is 1.69. The van der Waals surface area contributed by atoms with Crippen LogP contribution in [0.15, 0.2) is 46.5 Å². The Morgan fingerprint density at radius 2 is 2.00 bits per heavy atom. The number of nitrogens with one attached hydrogen (secondary N) is 1. The number of thioether (sulfide) groups is 1. The fraction of sp³-hybridized carbons (Fsp3) is 0.300. The first kappa shape index (κ1) is 20.0. The molecule has 0 spiro atoms. The first-order chi connectivity index (χ1) is 14.6. The topological polar surface area (TPSA) is 100 Å². The molecular weight excluding hydrogens is 406 g/mol. The van der Waals surface area contributed by atoms with E-state index in [0.29, 0.717) is 53.5 Å². The van der Waals surface area contributed by atoms with Gasteiger partial charge in [0.25, 0.3) is 5.56 Å². The van der Waals surface area contributed by atoms with Crippen molar-refractivity contribution in [2.45, 2.75) is 18.6 Å². The average molecular weight is 427 g/mol. The minimum atomic E-state index is -0.181. The quantitative estimate of drug-likeness (QED) is 0.602. The van der Waals surface area contributed by atoms with Crippen LogP contribution in [0.3, 0.4) is 0 Å². The van der Waals surface area contributed by atoms with Crippen LogP contribution in [-0.4, -0.2) is 44.2 Å². The lowest BCUT2D eigenvalue weighted by atomic mass is 10.2. The Morgan fingerprint density at radius 1 is 1.20 bits per heavy atom. The predicted octanol–water partition coefficient (Wildman–Crippen LogP) is 2.17. The third-order valence-corrected chi connectivity index (χ3v) is 5.52. The highest BCUT2D eigenvalue weighted by Gasteiger charge is 2.18. The van der Waals surface area contributed by atoms with Crippen molar-refractivity contribution in [3.63, 3.8) is 0 Å². The molecule has 0 aliphatic carbocycles. The van der Waals surface area contributed by atoms with Crippen molar-refractivity contribution < 1.29 is 14.3 Å². The second-order valence-corrected chi connectivity index (χ2v) is 7.53. The van der Waals surface area contributed by atoms with Crippen molar-refractivity contribution >= 4 is 23.4 Å². The third kappa shape index (κ3) is 4.04. The summed E-state index contributed by atoms with van der Waals surface area (Å²) in [5, 5.41) is 11.8. The van der Waals surface area contributed by atoms with Crippen LogP contribution in [0.1, 0.15) is 6.92 Å². The lowest BCUT2D eigenvalue weighted by molar-refractivity contribution is -0.113. The van der Waals surface area contributed by atoms with Crippen LogP contribution < -0.4 is 20.3 Å². The standard InChI is InChI=1S/C20H21N5O4S/c1-3-25-18(14-5-4-8-24(2)19(14)27)22-23-20(25)30-12-17(26)21-13-6-7-15-16(11-13)29-10-9-28-15/h4-8,11H,3,9-10,12H2,1-2H3,(H,21,26). The highest BCUT2D eigenvalue weighted by Crippen LogP contribution is 2.32. The van der Waals surface area contributed by atoms with E-state index in [1.165, 1.54) is 16.3 Å². The Bertz CT molecular complexity index is 1140. The molecular formula is C20H21N5O4S.